The van der Waals surface area contributed by atoms with Gasteiger partial charge in [-0.2, -0.15) is 0 Å². The summed E-state index contributed by atoms with van der Waals surface area (Å²) in [5.74, 6) is 0. The van der Waals surface area contributed by atoms with E-state index in [2.05, 4.69) is 12.1 Å². The maximum atomic E-state index is 9.64. The quantitative estimate of drug-likeness (QED) is 0.778. The van der Waals surface area contributed by atoms with Gasteiger partial charge in [-0.25, -0.2) is 0 Å². The first-order chi connectivity index (χ1) is 6.81. The average molecular weight is 210 g/mol. The maximum absolute atomic E-state index is 9.64. The predicted octanol–water partition coefficient (Wildman–Crippen LogP) is 1.59. The number of hydrogen-bond acceptors (Lipinski definition) is 3. The number of aliphatic hydroxyl groups excluding tert-OH is 2. The van der Waals surface area contributed by atoms with Crippen LogP contribution in [0.4, 0.5) is 0 Å². The molecule has 3 heteroatoms. The zero-order chi connectivity index (χ0) is 9.97. The molecular formula is C11H14O2S. The molecule has 1 saturated heterocycles. The Labute approximate surface area is 88.0 Å². The van der Waals surface area contributed by atoms with Crippen molar-refractivity contribution in [2.75, 3.05) is 6.61 Å². The van der Waals surface area contributed by atoms with E-state index in [1.807, 2.05) is 18.2 Å². The minimum Gasteiger partial charge on any atom is -0.395 e. The number of rotatable bonds is 2. The molecule has 2 rings (SSSR count). The molecule has 0 saturated carbocycles. The van der Waals surface area contributed by atoms with Gasteiger partial charge < -0.3 is 10.2 Å². The largest absolute Gasteiger partial charge is 0.395 e. The summed E-state index contributed by atoms with van der Waals surface area (Å²) in [6.45, 7) is 0.0646. The summed E-state index contributed by atoms with van der Waals surface area (Å²) >= 11 is 1.67. The minimum atomic E-state index is -0.366. The smallest absolute Gasteiger partial charge is 0.0695 e. The third kappa shape index (κ3) is 1.95. The van der Waals surface area contributed by atoms with E-state index < -0.39 is 0 Å². The molecule has 0 amide bonds. The lowest BCUT2D eigenvalue weighted by Crippen LogP contribution is -2.20. The van der Waals surface area contributed by atoms with Gasteiger partial charge in [-0.1, -0.05) is 30.3 Å². The molecule has 1 aliphatic heterocycles. The molecule has 0 bridgehead atoms. The highest BCUT2D eigenvalue weighted by molar-refractivity contribution is 8.00. The van der Waals surface area contributed by atoms with Crippen LogP contribution in [-0.2, 0) is 0 Å². The van der Waals surface area contributed by atoms with Gasteiger partial charge in [-0.15, -0.1) is 11.8 Å². The molecule has 0 spiro atoms. The summed E-state index contributed by atoms with van der Waals surface area (Å²) < 4.78 is 0. The van der Waals surface area contributed by atoms with E-state index in [1.54, 1.807) is 11.8 Å². The molecule has 76 valence electrons. The second-order valence-corrected chi connectivity index (χ2v) is 5.01. The Morgan fingerprint density at radius 3 is 2.57 bits per heavy atom. The number of benzene rings is 1. The van der Waals surface area contributed by atoms with Crippen molar-refractivity contribution in [2.45, 2.75) is 23.0 Å². The molecule has 2 N–H and O–H groups in total. The molecule has 1 aromatic rings. The first kappa shape index (κ1) is 10.0. The van der Waals surface area contributed by atoms with Crippen LogP contribution in [0.1, 0.15) is 17.2 Å². The monoisotopic (exact) mass is 210 g/mol. The Balaban J connectivity index is 2.09. The lowest BCUT2D eigenvalue weighted by atomic mass is 10.1. The molecule has 0 aliphatic carbocycles. The highest BCUT2D eigenvalue weighted by atomic mass is 32.2. The van der Waals surface area contributed by atoms with Crippen molar-refractivity contribution >= 4 is 11.8 Å². The summed E-state index contributed by atoms with van der Waals surface area (Å²) in [5, 5.41) is 19.0. The van der Waals surface area contributed by atoms with Crippen LogP contribution in [0.5, 0.6) is 0 Å². The van der Waals surface area contributed by atoms with Gasteiger partial charge in [0.05, 0.1) is 18.0 Å². The summed E-state index contributed by atoms with van der Waals surface area (Å²) in [5.41, 5.74) is 1.24. The molecule has 14 heavy (non-hydrogen) atoms. The van der Waals surface area contributed by atoms with E-state index in [1.165, 1.54) is 5.56 Å². The Morgan fingerprint density at radius 2 is 2.00 bits per heavy atom. The SMILES string of the molecule is OC[C@H]1S[C@H](c2ccccc2)C[C@H]1O. The van der Waals surface area contributed by atoms with E-state index in [0.29, 0.717) is 5.25 Å². The van der Waals surface area contributed by atoms with Gasteiger partial charge >= 0.3 is 0 Å². The Kier molecular flexibility index (Phi) is 3.11. The fourth-order valence-electron chi connectivity index (χ4n) is 1.78. The van der Waals surface area contributed by atoms with Gasteiger partial charge in [0.15, 0.2) is 0 Å². The van der Waals surface area contributed by atoms with E-state index in [9.17, 15) is 5.11 Å². The van der Waals surface area contributed by atoms with Crippen LogP contribution >= 0.6 is 11.8 Å². The van der Waals surface area contributed by atoms with Crippen molar-refractivity contribution in [1.29, 1.82) is 0 Å². The lowest BCUT2D eigenvalue weighted by molar-refractivity contribution is 0.141. The Hall–Kier alpha value is -0.510. The van der Waals surface area contributed by atoms with Crippen molar-refractivity contribution in [3.05, 3.63) is 35.9 Å². The number of aliphatic hydroxyl groups is 2. The fraction of sp³-hybridized carbons (Fsp3) is 0.455. The van der Waals surface area contributed by atoms with Gasteiger partial charge in [0.2, 0.25) is 0 Å². The normalized spacial score (nSPS) is 32.0. The molecule has 0 radical (unpaired) electrons. The second-order valence-electron chi connectivity index (χ2n) is 3.56. The number of hydrogen-bond donors (Lipinski definition) is 2. The zero-order valence-corrected chi connectivity index (χ0v) is 8.65. The Bertz CT molecular complexity index is 289. The summed E-state index contributed by atoms with van der Waals surface area (Å²) in [7, 11) is 0. The van der Waals surface area contributed by atoms with Crippen LogP contribution in [0.3, 0.4) is 0 Å². The topological polar surface area (TPSA) is 40.5 Å². The third-order valence-electron chi connectivity index (χ3n) is 2.58. The van der Waals surface area contributed by atoms with E-state index in [0.717, 1.165) is 6.42 Å². The van der Waals surface area contributed by atoms with E-state index in [4.69, 9.17) is 5.11 Å². The van der Waals surface area contributed by atoms with Crippen LogP contribution < -0.4 is 0 Å². The molecule has 2 nitrogen and oxygen atoms in total. The average Bonchev–Trinajstić information content (AvgIpc) is 2.61. The fourth-order valence-corrected chi connectivity index (χ4v) is 3.20. The zero-order valence-electron chi connectivity index (χ0n) is 7.84. The minimum absolute atomic E-state index is 0.0137. The van der Waals surface area contributed by atoms with Gasteiger partial charge in [0.25, 0.3) is 0 Å². The summed E-state index contributed by atoms with van der Waals surface area (Å²) in [6, 6.07) is 10.2. The van der Waals surface area contributed by atoms with Crippen LogP contribution in [0.2, 0.25) is 0 Å². The molecule has 1 heterocycles. The first-order valence-electron chi connectivity index (χ1n) is 4.80. The second kappa shape index (κ2) is 4.34. The first-order valence-corrected chi connectivity index (χ1v) is 5.75. The number of thioether (sulfide) groups is 1. The molecule has 1 aliphatic rings. The van der Waals surface area contributed by atoms with Crippen molar-refractivity contribution in [2.24, 2.45) is 0 Å². The van der Waals surface area contributed by atoms with Crippen LogP contribution in [0.15, 0.2) is 30.3 Å². The van der Waals surface area contributed by atoms with Crippen molar-refractivity contribution in [1.82, 2.24) is 0 Å². The summed E-state index contributed by atoms with van der Waals surface area (Å²) in [4.78, 5) is 0. The molecule has 0 aromatic heterocycles. The maximum Gasteiger partial charge on any atom is 0.0695 e. The third-order valence-corrected chi connectivity index (χ3v) is 4.18. The highest BCUT2D eigenvalue weighted by Crippen LogP contribution is 2.44. The predicted molar refractivity (Wildman–Crippen MR) is 58.3 cm³/mol. The Morgan fingerprint density at radius 1 is 1.29 bits per heavy atom. The van der Waals surface area contributed by atoms with Crippen LogP contribution in [-0.4, -0.2) is 28.2 Å². The van der Waals surface area contributed by atoms with Gasteiger partial charge in [0.1, 0.15) is 0 Å². The van der Waals surface area contributed by atoms with Crippen molar-refractivity contribution in [3.8, 4) is 0 Å². The van der Waals surface area contributed by atoms with E-state index in [-0.39, 0.29) is 18.0 Å². The van der Waals surface area contributed by atoms with Gasteiger partial charge in [0, 0.05) is 5.25 Å². The van der Waals surface area contributed by atoms with Crippen LogP contribution in [0, 0.1) is 0 Å². The van der Waals surface area contributed by atoms with Crippen molar-refractivity contribution in [3.63, 3.8) is 0 Å². The van der Waals surface area contributed by atoms with Gasteiger partial charge in [-0.05, 0) is 12.0 Å². The highest BCUT2D eigenvalue weighted by Gasteiger charge is 2.33. The van der Waals surface area contributed by atoms with Crippen molar-refractivity contribution < 1.29 is 10.2 Å². The van der Waals surface area contributed by atoms with E-state index >= 15 is 0 Å². The molecule has 3 atom stereocenters. The molecular weight excluding hydrogens is 196 g/mol. The van der Waals surface area contributed by atoms with Gasteiger partial charge in [-0.3, -0.25) is 0 Å². The standard InChI is InChI=1S/C11H14O2S/c12-7-11-9(13)6-10(14-11)8-4-2-1-3-5-8/h1-5,9-13H,6-7H2/t9-,10+,11-/m1/s1. The molecule has 0 unspecified atom stereocenters. The molecule has 1 fully saturated rings. The van der Waals surface area contributed by atoms with Crippen LogP contribution in [0.25, 0.3) is 0 Å². The lowest BCUT2D eigenvalue weighted by Gasteiger charge is -2.09. The molecule has 1 aromatic carbocycles. The summed E-state index contributed by atoms with van der Waals surface area (Å²) in [6.07, 6.45) is 0.384.